The van der Waals surface area contributed by atoms with Crippen LogP contribution in [0.3, 0.4) is 0 Å². The number of benzene rings is 2. The molecule has 0 saturated carbocycles. The Bertz CT molecular complexity index is 956. The highest BCUT2D eigenvalue weighted by Gasteiger charge is 2.23. The van der Waals surface area contributed by atoms with Gasteiger partial charge < -0.3 is 4.74 Å². The second-order valence-electron chi connectivity index (χ2n) is 6.11. The summed E-state index contributed by atoms with van der Waals surface area (Å²) in [5, 5.41) is 4.25. The lowest BCUT2D eigenvalue weighted by molar-refractivity contribution is 0.104. The van der Waals surface area contributed by atoms with Crippen molar-refractivity contribution in [1.82, 2.24) is 9.78 Å². The molecule has 0 bridgehead atoms. The zero-order valence-corrected chi connectivity index (χ0v) is 14.0. The standard InChI is InChI=1S/C21H18N2O2/c1-25-20-8-7-15(12-18(20)14-23-10-4-9-22-23)11-17-13-16-5-2-3-6-19(16)21(17)24/h2-12H,13-14H2,1H3/b17-11+. The van der Waals surface area contributed by atoms with Crippen molar-refractivity contribution in [3.8, 4) is 5.75 Å². The number of carbonyl (C=O) groups is 1. The second kappa shape index (κ2) is 6.40. The van der Waals surface area contributed by atoms with Crippen molar-refractivity contribution >= 4 is 11.9 Å². The van der Waals surface area contributed by atoms with Gasteiger partial charge in [-0.25, -0.2) is 0 Å². The summed E-state index contributed by atoms with van der Waals surface area (Å²) in [7, 11) is 1.66. The number of hydrogen-bond acceptors (Lipinski definition) is 3. The maximum atomic E-state index is 12.6. The van der Waals surface area contributed by atoms with Crippen molar-refractivity contribution in [2.45, 2.75) is 13.0 Å². The summed E-state index contributed by atoms with van der Waals surface area (Å²) in [6, 6.07) is 15.7. The van der Waals surface area contributed by atoms with E-state index < -0.39 is 0 Å². The predicted octanol–water partition coefficient (Wildman–Crippen LogP) is 3.76. The average molecular weight is 330 g/mol. The molecule has 4 nitrogen and oxygen atoms in total. The fourth-order valence-corrected chi connectivity index (χ4v) is 3.25. The lowest BCUT2D eigenvalue weighted by atomic mass is 10.0. The Kier molecular flexibility index (Phi) is 3.94. The van der Waals surface area contributed by atoms with Crippen molar-refractivity contribution in [2.24, 2.45) is 0 Å². The SMILES string of the molecule is COc1ccc(/C=C2\Cc3ccccc3C2=O)cc1Cn1cccn1. The minimum absolute atomic E-state index is 0.125. The Morgan fingerprint density at radius 3 is 2.84 bits per heavy atom. The van der Waals surface area contributed by atoms with Gasteiger partial charge in [-0.15, -0.1) is 0 Å². The summed E-state index contributed by atoms with van der Waals surface area (Å²) in [4.78, 5) is 12.6. The molecular weight excluding hydrogens is 312 g/mol. The van der Waals surface area contributed by atoms with Gasteiger partial charge in [-0.3, -0.25) is 9.48 Å². The zero-order chi connectivity index (χ0) is 17.2. The Labute approximate surface area is 146 Å². The van der Waals surface area contributed by atoms with E-state index in [1.165, 1.54) is 0 Å². The highest BCUT2D eigenvalue weighted by molar-refractivity contribution is 6.15. The highest BCUT2D eigenvalue weighted by Crippen LogP contribution is 2.29. The first-order valence-electron chi connectivity index (χ1n) is 8.22. The first kappa shape index (κ1) is 15.4. The van der Waals surface area contributed by atoms with Gasteiger partial charge in [-0.2, -0.15) is 5.10 Å². The number of methoxy groups -OCH3 is 1. The van der Waals surface area contributed by atoms with Crippen molar-refractivity contribution in [3.63, 3.8) is 0 Å². The van der Waals surface area contributed by atoms with Gasteiger partial charge in [0.25, 0.3) is 0 Å². The van der Waals surface area contributed by atoms with E-state index in [-0.39, 0.29) is 5.78 Å². The molecule has 3 aromatic rings. The maximum absolute atomic E-state index is 12.6. The van der Waals surface area contributed by atoms with Crippen LogP contribution in [0.15, 0.2) is 66.5 Å². The molecule has 0 spiro atoms. The van der Waals surface area contributed by atoms with Gasteiger partial charge in [0.05, 0.1) is 13.7 Å². The highest BCUT2D eigenvalue weighted by atomic mass is 16.5. The molecule has 1 aliphatic rings. The number of rotatable bonds is 4. The van der Waals surface area contributed by atoms with E-state index in [9.17, 15) is 4.79 Å². The van der Waals surface area contributed by atoms with Gasteiger partial charge in [-0.05, 0) is 35.4 Å². The lowest BCUT2D eigenvalue weighted by Gasteiger charge is -2.10. The molecule has 25 heavy (non-hydrogen) atoms. The Balaban J connectivity index is 1.66. The summed E-state index contributed by atoms with van der Waals surface area (Å²) in [6.45, 7) is 0.626. The first-order valence-corrected chi connectivity index (χ1v) is 8.22. The molecule has 0 unspecified atom stereocenters. The molecular formula is C21H18N2O2. The lowest BCUT2D eigenvalue weighted by Crippen LogP contribution is -2.02. The van der Waals surface area contributed by atoms with Crippen LogP contribution < -0.4 is 4.74 Å². The minimum Gasteiger partial charge on any atom is -0.496 e. The van der Waals surface area contributed by atoms with Gasteiger partial charge in [0, 0.05) is 35.5 Å². The fourth-order valence-electron chi connectivity index (χ4n) is 3.25. The quantitative estimate of drug-likeness (QED) is 0.684. The van der Waals surface area contributed by atoms with E-state index in [0.29, 0.717) is 13.0 Å². The largest absolute Gasteiger partial charge is 0.496 e. The number of ether oxygens (including phenoxy) is 1. The Morgan fingerprint density at radius 2 is 2.08 bits per heavy atom. The summed E-state index contributed by atoms with van der Waals surface area (Å²) < 4.78 is 7.31. The van der Waals surface area contributed by atoms with Crippen molar-refractivity contribution < 1.29 is 9.53 Å². The molecule has 0 atom stereocenters. The van der Waals surface area contributed by atoms with Gasteiger partial charge in [0.1, 0.15) is 5.75 Å². The van der Waals surface area contributed by atoms with Crippen LogP contribution in [0.5, 0.6) is 5.75 Å². The number of Topliss-reactive ketones (excluding diaryl/α,β-unsaturated/α-hetero) is 1. The van der Waals surface area contributed by atoms with E-state index in [1.807, 2.05) is 59.4 Å². The average Bonchev–Trinajstić information content (AvgIpc) is 3.24. The molecule has 4 heteroatoms. The van der Waals surface area contributed by atoms with Crippen molar-refractivity contribution in [1.29, 1.82) is 0 Å². The Morgan fingerprint density at radius 1 is 1.20 bits per heavy atom. The molecule has 1 aromatic heterocycles. The van der Waals surface area contributed by atoms with Gasteiger partial charge in [-0.1, -0.05) is 30.3 Å². The van der Waals surface area contributed by atoms with Gasteiger partial charge in [0.15, 0.2) is 5.78 Å². The summed E-state index contributed by atoms with van der Waals surface area (Å²) in [5.74, 6) is 0.943. The summed E-state index contributed by atoms with van der Waals surface area (Å²) >= 11 is 0. The fraction of sp³-hybridized carbons (Fsp3) is 0.143. The van der Waals surface area contributed by atoms with E-state index in [1.54, 1.807) is 13.3 Å². The van der Waals surface area contributed by atoms with E-state index >= 15 is 0 Å². The second-order valence-corrected chi connectivity index (χ2v) is 6.11. The van der Waals surface area contributed by atoms with Crippen LogP contribution >= 0.6 is 0 Å². The minimum atomic E-state index is 0.125. The molecule has 0 radical (unpaired) electrons. The number of fused-ring (bicyclic) bond motifs is 1. The molecule has 4 rings (SSSR count). The topological polar surface area (TPSA) is 44.1 Å². The van der Waals surface area contributed by atoms with Gasteiger partial charge >= 0.3 is 0 Å². The predicted molar refractivity (Wildman–Crippen MR) is 96.8 cm³/mol. The number of nitrogens with zero attached hydrogens (tertiary/aromatic N) is 2. The molecule has 0 fully saturated rings. The summed E-state index contributed by atoms with van der Waals surface area (Å²) in [5.41, 5.74) is 4.78. The third-order valence-electron chi connectivity index (χ3n) is 4.47. The van der Waals surface area contributed by atoms with Crippen LogP contribution in [0.2, 0.25) is 0 Å². The van der Waals surface area contributed by atoms with Crippen LogP contribution in [0.25, 0.3) is 6.08 Å². The van der Waals surface area contributed by atoms with Crippen LogP contribution in [0.4, 0.5) is 0 Å². The van der Waals surface area contributed by atoms with Crippen LogP contribution in [0.1, 0.15) is 27.0 Å². The van der Waals surface area contributed by atoms with E-state index in [0.717, 1.165) is 33.6 Å². The number of aromatic nitrogens is 2. The zero-order valence-electron chi connectivity index (χ0n) is 14.0. The van der Waals surface area contributed by atoms with Crippen LogP contribution in [-0.2, 0) is 13.0 Å². The molecule has 1 heterocycles. The van der Waals surface area contributed by atoms with Gasteiger partial charge in [0.2, 0.25) is 0 Å². The van der Waals surface area contributed by atoms with Crippen LogP contribution in [-0.4, -0.2) is 22.7 Å². The smallest absolute Gasteiger partial charge is 0.189 e. The van der Waals surface area contributed by atoms with E-state index in [2.05, 4.69) is 11.2 Å². The summed E-state index contributed by atoms with van der Waals surface area (Å²) in [6.07, 6.45) is 6.35. The number of carbonyl (C=O) groups excluding carboxylic acids is 1. The van der Waals surface area contributed by atoms with E-state index in [4.69, 9.17) is 4.74 Å². The molecule has 1 aliphatic carbocycles. The third kappa shape index (κ3) is 2.98. The molecule has 0 N–H and O–H groups in total. The number of allylic oxidation sites excluding steroid dienone is 1. The Hall–Kier alpha value is -3.14. The third-order valence-corrected chi connectivity index (χ3v) is 4.47. The first-order chi connectivity index (χ1) is 12.2. The molecule has 0 amide bonds. The normalized spacial score (nSPS) is 14.8. The van der Waals surface area contributed by atoms with Crippen molar-refractivity contribution in [3.05, 3.63) is 88.8 Å². The monoisotopic (exact) mass is 330 g/mol. The van der Waals surface area contributed by atoms with Crippen molar-refractivity contribution in [2.75, 3.05) is 7.11 Å². The molecule has 124 valence electrons. The number of ketones is 1. The molecule has 0 saturated heterocycles. The maximum Gasteiger partial charge on any atom is 0.189 e. The molecule has 2 aromatic carbocycles. The molecule has 0 aliphatic heterocycles. The number of hydrogen-bond donors (Lipinski definition) is 0. The van der Waals surface area contributed by atoms with Crippen LogP contribution in [0, 0.1) is 0 Å².